The van der Waals surface area contributed by atoms with Crippen molar-refractivity contribution in [3.05, 3.63) is 35.9 Å². The van der Waals surface area contributed by atoms with Crippen molar-refractivity contribution in [2.24, 2.45) is 0 Å². The zero-order chi connectivity index (χ0) is 10.5. The van der Waals surface area contributed by atoms with Crippen molar-refractivity contribution in [1.82, 2.24) is 15.5 Å². The van der Waals surface area contributed by atoms with Gasteiger partial charge in [-0.15, -0.1) is 0 Å². The van der Waals surface area contributed by atoms with Crippen molar-refractivity contribution in [3.8, 4) is 0 Å². The molecule has 0 radical (unpaired) electrons. The van der Waals surface area contributed by atoms with Crippen LogP contribution in [0.15, 0.2) is 30.3 Å². The van der Waals surface area contributed by atoms with Gasteiger partial charge in [0.25, 0.3) is 0 Å². The summed E-state index contributed by atoms with van der Waals surface area (Å²) in [5.74, 6) is 0. The molecular weight excluding hydrogens is 190 g/mol. The number of hydrogen-bond acceptors (Lipinski definition) is 2. The molecule has 1 heterocycles. The van der Waals surface area contributed by atoms with Gasteiger partial charge in [-0.1, -0.05) is 30.3 Å². The molecule has 0 bridgehead atoms. The van der Waals surface area contributed by atoms with Crippen LogP contribution >= 0.6 is 0 Å². The highest BCUT2D eigenvalue weighted by Gasteiger charge is 2.15. The molecule has 2 N–H and O–H groups in total. The van der Waals surface area contributed by atoms with Gasteiger partial charge in [0, 0.05) is 6.54 Å². The minimum atomic E-state index is 0.0182. The number of carbonyl (C=O) groups is 1. The summed E-state index contributed by atoms with van der Waals surface area (Å²) in [6.45, 7) is 1.96. The topological polar surface area (TPSA) is 44.4 Å². The van der Waals surface area contributed by atoms with E-state index < -0.39 is 0 Å². The van der Waals surface area contributed by atoms with Crippen LogP contribution in [0, 0.1) is 0 Å². The Hall–Kier alpha value is -1.55. The van der Waals surface area contributed by atoms with E-state index in [0.717, 1.165) is 13.0 Å². The first-order valence-electron chi connectivity index (χ1n) is 5.14. The molecule has 0 saturated carbocycles. The molecule has 4 nitrogen and oxygen atoms in total. The molecule has 1 aliphatic rings. The second kappa shape index (κ2) is 4.79. The van der Waals surface area contributed by atoms with Crippen molar-refractivity contribution < 1.29 is 4.79 Å². The second-order valence-corrected chi connectivity index (χ2v) is 3.57. The van der Waals surface area contributed by atoms with Crippen LogP contribution < -0.4 is 10.6 Å². The van der Waals surface area contributed by atoms with E-state index in [0.29, 0.717) is 13.3 Å². The first-order chi connectivity index (χ1) is 7.36. The van der Waals surface area contributed by atoms with Gasteiger partial charge in [0.2, 0.25) is 0 Å². The molecule has 80 valence electrons. The number of urea groups is 1. The van der Waals surface area contributed by atoms with Gasteiger partial charge in [-0.05, 0) is 12.0 Å². The van der Waals surface area contributed by atoms with E-state index >= 15 is 0 Å². The van der Waals surface area contributed by atoms with Crippen molar-refractivity contribution >= 4 is 6.03 Å². The molecule has 1 aromatic carbocycles. The van der Waals surface area contributed by atoms with Gasteiger partial charge in [0.05, 0.1) is 13.3 Å². The highest BCUT2D eigenvalue weighted by atomic mass is 16.2. The Kier molecular flexibility index (Phi) is 3.19. The summed E-state index contributed by atoms with van der Waals surface area (Å²) in [6, 6.07) is 10.2. The number of amides is 2. The third-order valence-corrected chi connectivity index (χ3v) is 2.47. The van der Waals surface area contributed by atoms with E-state index in [9.17, 15) is 4.79 Å². The fourth-order valence-electron chi connectivity index (χ4n) is 1.60. The van der Waals surface area contributed by atoms with Gasteiger partial charge in [-0.3, -0.25) is 5.32 Å². The molecular formula is C11H15N3O. The van der Waals surface area contributed by atoms with Gasteiger partial charge in [-0.2, -0.15) is 0 Å². The van der Waals surface area contributed by atoms with Crippen LogP contribution in [0.4, 0.5) is 4.79 Å². The normalized spacial score (nSPS) is 16.3. The fraction of sp³-hybridized carbons (Fsp3) is 0.364. The molecule has 0 unspecified atom stereocenters. The van der Waals surface area contributed by atoms with Crippen LogP contribution in [0.5, 0.6) is 0 Å². The Balaban J connectivity index is 1.85. The number of carbonyl (C=O) groups excluding carboxylic acids is 1. The number of rotatable bonds is 3. The first kappa shape index (κ1) is 9.98. The molecule has 2 amide bonds. The summed E-state index contributed by atoms with van der Waals surface area (Å²) in [4.78, 5) is 13.2. The molecule has 0 atom stereocenters. The second-order valence-electron chi connectivity index (χ2n) is 3.57. The van der Waals surface area contributed by atoms with E-state index in [-0.39, 0.29) is 6.03 Å². The van der Waals surface area contributed by atoms with Crippen molar-refractivity contribution in [3.63, 3.8) is 0 Å². The highest BCUT2D eigenvalue weighted by Crippen LogP contribution is 2.02. The molecule has 4 heteroatoms. The van der Waals surface area contributed by atoms with Gasteiger partial charge < -0.3 is 10.2 Å². The van der Waals surface area contributed by atoms with Crippen LogP contribution in [0.2, 0.25) is 0 Å². The highest BCUT2D eigenvalue weighted by molar-refractivity contribution is 5.74. The number of hydrogen-bond donors (Lipinski definition) is 2. The van der Waals surface area contributed by atoms with Gasteiger partial charge in [0.1, 0.15) is 0 Å². The predicted octanol–water partition coefficient (Wildman–Crippen LogP) is 0.759. The lowest BCUT2D eigenvalue weighted by Gasteiger charge is -2.28. The maximum absolute atomic E-state index is 11.4. The van der Waals surface area contributed by atoms with Crippen LogP contribution in [-0.4, -0.2) is 30.8 Å². The average Bonchev–Trinajstić information content (AvgIpc) is 2.29. The third-order valence-electron chi connectivity index (χ3n) is 2.47. The van der Waals surface area contributed by atoms with Crippen molar-refractivity contribution in [2.45, 2.75) is 6.42 Å². The summed E-state index contributed by atoms with van der Waals surface area (Å²) >= 11 is 0. The molecule has 0 spiro atoms. The van der Waals surface area contributed by atoms with E-state index in [1.807, 2.05) is 18.2 Å². The maximum atomic E-state index is 11.4. The minimum absolute atomic E-state index is 0.0182. The van der Waals surface area contributed by atoms with Crippen LogP contribution in [0.3, 0.4) is 0 Å². The average molecular weight is 205 g/mol. The standard InChI is InChI=1S/C11H15N3O/c15-11-13-8-12-9-14(11)7-6-10-4-2-1-3-5-10/h1-5,12H,6-9H2,(H,13,15). The summed E-state index contributed by atoms with van der Waals surface area (Å²) in [6.07, 6.45) is 0.899. The Labute approximate surface area is 89.3 Å². The van der Waals surface area contributed by atoms with Gasteiger partial charge in [-0.25, -0.2) is 4.79 Å². The predicted molar refractivity (Wildman–Crippen MR) is 58.3 cm³/mol. The molecule has 1 aliphatic heterocycles. The smallest absolute Gasteiger partial charge is 0.319 e. The van der Waals surface area contributed by atoms with E-state index in [2.05, 4.69) is 22.8 Å². The van der Waals surface area contributed by atoms with Crippen molar-refractivity contribution in [1.29, 1.82) is 0 Å². The van der Waals surface area contributed by atoms with Crippen LogP contribution in [0.1, 0.15) is 5.56 Å². The van der Waals surface area contributed by atoms with E-state index in [1.165, 1.54) is 5.56 Å². The lowest BCUT2D eigenvalue weighted by molar-refractivity contribution is 0.178. The summed E-state index contributed by atoms with van der Waals surface area (Å²) in [7, 11) is 0. The van der Waals surface area contributed by atoms with Crippen LogP contribution in [-0.2, 0) is 6.42 Å². The molecule has 2 rings (SSSR count). The minimum Gasteiger partial charge on any atom is -0.325 e. The van der Waals surface area contributed by atoms with Crippen LogP contribution in [0.25, 0.3) is 0 Å². The molecule has 15 heavy (non-hydrogen) atoms. The Morgan fingerprint density at radius 2 is 2.07 bits per heavy atom. The van der Waals surface area contributed by atoms with Gasteiger partial charge in [0.15, 0.2) is 0 Å². The van der Waals surface area contributed by atoms with Crippen molar-refractivity contribution in [2.75, 3.05) is 19.9 Å². The number of nitrogens with zero attached hydrogens (tertiary/aromatic N) is 1. The largest absolute Gasteiger partial charge is 0.325 e. The molecule has 1 aromatic rings. The molecule has 1 saturated heterocycles. The first-order valence-corrected chi connectivity index (χ1v) is 5.14. The Bertz CT molecular complexity index is 326. The maximum Gasteiger partial charge on any atom is 0.319 e. The quantitative estimate of drug-likeness (QED) is 0.765. The Morgan fingerprint density at radius 1 is 1.27 bits per heavy atom. The summed E-state index contributed by atoms with van der Waals surface area (Å²) in [5, 5.41) is 5.84. The van der Waals surface area contributed by atoms with E-state index in [4.69, 9.17) is 0 Å². The number of nitrogens with one attached hydrogen (secondary N) is 2. The monoisotopic (exact) mass is 205 g/mol. The fourth-order valence-corrected chi connectivity index (χ4v) is 1.60. The summed E-state index contributed by atoms with van der Waals surface area (Å²) < 4.78 is 0. The zero-order valence-electron chi connectivity index (χ0n) is 8.57. The SMILES string of the molecule is O=C1NCNCN1CCc1ccccc1. The molecule has 0 aromatic heterocycles. The van der Waals surface area contributed by atoms with E-state index in [1.54, 1.807) is 4.90 Å². The lowest BCUT2D eigenvalue weighted by Crippen LogP contribution is -2.54. The molecule has 1 fully saturated rings. The lowest BCUT2D eigenvalue weighted by atomic mass is 10.1. The number of benzene rings is 1. The van der Waals surface area contributed by atoms with Gasteiger partial charge >= 0.3 is 6.03 Å². The third kappa shape index (κ3) is 2.70. The zero-order valence-corrected chi connectivity index (χ0v) is 8.57. The Morgan fingerprint density at radius 3 is 2.80 bits per heavy atom. The molecule has 0 aliphatic carbocycles. The summed E-state index contributed by atoms with van der Waals surface area (Å²) in [5.41, 5.74) is 1.26.